The maximum absolute atomic E-state index is 6.20. The molecule has 1 fully saturated rings. The fourth-order valence-corrected chi connectivity index (χ4v) is 2.93. The molecule has 2 atom stereocenters. The van der Waals surface area contributed by atoms with Gasteiger partial charge in [0, 0.05) is 23.8 Å². The summed E-state index contributed by atoms with van der Waals surface area (Å²) in [5.41, 5.74) is 1.24. The molecule has 0 amide bonds. The molecule has 4 nitrogen and oxygen atoms in total. The van der Waals surface area contributed by atoms with Crippen LogP contribution < -0.4 is 0 Å². The van der Waals surface area contributed by atoms with Gasteiger partial charge in [0.1, 0.15) is 0 Å². The van der Waals surface area contributed by atoms with Crippen molar-refractivity contribution in [2.75, 3.05) is 6.61 Å². The van der Waals surface area contributed by atoms with Crippen LogP contribution in [0.25, 0.3) is 0 Å². The summed E-state index contributed by atoms with van der Waals surface area (Å²) in [4.78, 5) is 4.10. The lowest BCUT2D eigenvalue weighted by molar-refractivity contribution is -0.298. The lowest BCUT2D eigenvalue weighted by Crippen LogP contribution is -2.47. The average Bonchev–Trinajstić information content (AvgIpc) is 2.99. The maximum Gasteiger partial charge on any atom is 0.186 e. The molecule has 1 aromatic carbocycles. The molecule has 0 radical (unpaired) electrons. The Morgan fingerprint density at radius 3 is 2.78 bits per heavy atom. The second kappa shape index (κ2) is 8.29. The van der Waals surface area contributed by atoms with Crippen LogP contribution in [0, 0.1) is 0 Å². The first-order valence-electron chi connectivity index (χ1n) is 7.67. The molecule has 2 unspecified atom stereocenters. The number of rotatable bonds is 5. The van der Waals surface area contributed by atoms with Crippen LogP contribution in [-0.2, 0) is 22.4 Å². The van der Waals surface area contributed by atoms with Gasteiger partial charge in [0.25, 0.3) is 0 Å². The lowest BCUT2D eigenvalue weighted by Gasteiger charge is -2.40. The van der Waals surface area contributed by atoms with Gasteiger partial charge in [-0.15, -0.1) is 17.0 Å². The van der Waals surface area contributed by atoms with Gasteiger partial charge in [-0.25, -0.2) is 4.98 Å². The van der Waals surface area contributed by atoms with Crippen molar-refractivity contribution in [1.29, 1.82) is 0 Å². The molecule has 0 bridgehead atoms. The topological polar surface area (TPSA) is 36.3 Å². The Hall–Kier alpha value is -0.880. The zero-order valence-corrected chi connectivity index (χ0v) is 15.6. The molecule has 23 heavy (non-hydrogen) atoms. The number of imidazole rings is 1. The van der Waals surface area contributed by atoms with Crippen molar-refractivity contribution in [2.24, 2.45) is 0 Å². The summed E-state index contributed by atoms with van der Waals surface area (Å²) in [6, 6.07) is 7.95. The normalized spacial score (nSPS) is 24.2. The summed E-state index contributed by atoms with van der Waals surface area (Å²) >= 11 is 5.94. The molecule has 0 aliphatic carbocycles. The summed E-state index contributed by atoms with van der Waals surface area (Å²) < 4.78 is 14.3. The van der Waals surface area contributed by atoms with Crippen LogP contribution in [0.15, 0.2) is 43.0 Å². The molecule has 1 aliphatic rings. The van der Waals surface area contributed by atoms with E-state index in [0.29, 0.717) is 6.54 Å². The Morgan fingerprint density at radius 2 is 2.13 bits per heavy atom. The van der Waals surface area contributed by atoms with E-state index in [-0.39, 0.29) is 23.1 Å². The van der Waals surface area contributed by atoms with Crippen LogP contribution in [-0.4, -0.2) is 28.0 Å². The predicted octanol–water partition coefficient (Wildman–Crippen LogP) is 4.27. The number of nitrogens with zero attached hydrogens (tertiary/aromatic N) is 2. The van der Waals surface area contributed by atoms with E-state index < -0.39 is 5.79 Å². The van der Waals surface area contributed by atoms with Crippen molar-refractivity contribution in [3.63, 3.8) is 0 Å². The number of aryl methyl sites for hydroxylation is 1. The minimum Gasteiger partial charge on any atom is -0.348 e. The first kappa shape index (κ1) is 18.5. The fraction of sp³-hybridized carbons (Fsp3) is 0.471. The number of hydrogen-bond donors (Lipinski definition) is 0. The summed E-state index contributed by atoms with van der Waals surface area (Å²) in [6.45, 7) is 3.49. The van der Waals surface area contributed by atoms with Gasteiger partial charge >= 0.3 is 0 Å². The number of aromatic nitrogens is 2. The Morgan fingerprint density at radius 1 is 1.35 bits per heavy atom. The van der Waals surface area contributed by atoms with Gasteiger partial charge in [-0.05, 0) is 37.5 Å². The molecule has 1 aromatic heterocycles. The second-order valence-corrected chi connectivity index (χ2v) is 6.27. The molecule has 6 heteroatoms. The first-order chi connectivity index (χ1) is 10.7. The van der Waals surface area contributed by atoms with Crippen LogP contribution in [0.2, 0.25) is 5.02 Å². The van der Waals surface area contributed by atoms with Crippen molar-refractivity contribution < 1.29 is 9.47 Å². The van der Waals surface area contributed by atoms with E-state index in [1.54, 1.807) is 12.5 Å². The highest BCUT2D eigenvalue weighted by atomic mass is 79.9. The summed E-state index contributed by atoms with van der Waals surface area (Å²) in [6.07, 6.45) is 8.36. The maximum atomic E-state index is 6.20. The van der Waals surface area contributed by atoms with E-state index in [4.69, 9.17) is 21.1 Å². The molecule has 2 heterocycles. The van der Waals surface area contributed by atoms with Crippen molar-refractivity contribution in [2.45, 2.75) is 44.6 Å². The van der Waals surface area contributed by atoms with E-state index in [9.17, 15) is 0 Å². The van der Waals surface area contributed by atoms with Gasteiger partial charge < -0.3 is 14.0 Å². The van der Waals surface area contributed by atoms with Gasteiger partial charge in [0.15, 0.2) is 5.79 Å². The third kappa shape index (κ3) is 5.05. The van der Waals surface area contributed by atoms with Crippen molar-refractivity contribution in [3.05, 3.63) is 53.6 Å². The fourth-order valence-electron chi connectivity index (χ4n) is 2.81. The van der Waals surface area contributed by atoms with Gasteiger partial charge in [-0.1, -0.05) is 23.7 Å². The zero-order chi connectivity index (χ0) is 15.4. The number of hydrogen-bond acceptors (Lipinski definition) is 3. The van der Waals surface area contributed by atoms with Gasteiger partial charge in [-0.3, -0.25) is 0 Å². The summed E-state index contributed by atoms with van der Waals surface area (Å²) in [7, 11) is 0. The van der Waals surface area contributed by atoms with Crippen molar-refractivity contribution >= 4 is 28.6 Å². The minimum atomic E-state index is -0.585. The molecule has 1 saturated heterocycles. The third-order valence-corrected chi connectivity index (χ3v) is 4.25. The molecule has 2 aromatic rings. The van der Waals surface area contributed by atoms with E-state index in [1.165, 1.54) is 5.56 Å². The minimum absolute atomic E-state index is 0. The monoisotopic (exact) mass is 400 g/mol. The first-order valence-corrected chi connectivity index (χ1v) is 8.05. The van der Waals surface area contributed by atoms with Crippen LogP contribution in [0.5, 0.6) is 0 Å². The standard InChI is InChI=1S/C17H21ClN2O2.BrH/c1-14-7-11-21-17(22-14,12-20-10-9-19-13-20)8-6-15-2-4-16(18)5-3-15;/h2-5,9-10,13-14H,6-8,11-12H2,1H3;1H. The SMILES string of the molecule is Br.CC1CCOC(CCc2ccc(Cl)cc2)(Cn2ccnc2)O1. The van der Waals surface area contributed by atoms with Crippen molar-refractivity contribution in [3.8, 4) is 0 Å². The molecule has 0 N–H and O–H groups in total. The van der Waals surface area contributed by atoms with Crippen LogP contribution in [0.3, 0.4) is 0 Å². The lowest BCUT2D eigenvalue weighted by atomic mass is 10.0. The summed E-state index contributed by atoms with van der Waals surface area (Å²) in [5.74, 6) is -0.585. The van der Waals surface area contributed by atoms with Crippen LogP contribution in [0.1, 0.15) is 25.3 Å². The number of benzene rings is 1. The Labute approximate surface area is 152 Å². The van der Waals surface area contributed by atoms with Gasteiger partial charge in [-0.2, -0.15) is 0 Å². The molecule has 0 saturated carbocycles. The third-order valence-electron chi connectivity index (χ3n) is 4.00. The Kier molecular flexibility index (Phi) is 6.65. The number of halogens is 2. The van der Waals surface area contributed by atoms with Crippen LogP contribution in [0.4, 0.5) is 0 Å². The second-order valence-electron chi connectivity index (χ2n) is 5.84. The molecular weight excluding hydrogens is 380 g/mol. The van der Waals surface area contributed by atoms with Gasteiger partial charge in [0.2, 0.25) is 0 Å². The number of ether oxygens (including phenoxy) is 2. The Balaban J connectivity index is 0.00000192. The van der Waals surface area contributed by atoms with E-state index >= 15 is 0 Å². The van der Waals surface area contributed by atoms with E-state index in [1.807, 2.05) is 22.9 Å². The van der Waals surface area contributed by atoms with E-state index in [2.05, 4.69) is 24.0 Å². The molecule has 0 spiro atoms. The highest BCUT2D eigenvalue weighted by molar-refractivity contribution is 8.93. The molecule has 126 valence electrons. The summed E-state index contributed by atoms with van der Waals surface area (Å²) in [5, 5.41) is 0.760. The molecule has 3 rings (SSSR count). The highest BCUT2D eigenvalue weighted by Gasteiger charge is 2.37. The largest absolute Gasteiger partial charge is 0.348 e. The molecular formula is C17H22BrClN2O2. The zero-order valence-electron chi connectivity index (χ0n) is 13.2. The van der Waals surface area contributed by atoms with Crippen LogP contribution >= 0.6 is 28.6 Å². The predicted molar refractivity (Wildman–Crippen MR) is 96.2 cm³/mol. The quantitative estimate of drug-likeness (QED) is 0.751. The highest BCUT2D eigenvalue weighted by Crippen LogP contribution is 2.30. The van der Waals surface area contributed by atoms with E-state index in [0.717, 1.165) is 30.9 Å². The molecule has 1 aliphatic heterocycles. The average molecular weight is 402 g/mol. The Bertz CT molecular complexity index is 591. The van der Waals surface area contributed by atoms with Gasteiger partial charge in [0.05, 0.1) is 25.6 Å². The smallest absolute Gasteiger partial charge is 0.186 e. The van der Waals surface area contributed by atoms with Crippen molar-refractivity contribution in [1.82, 2.24) is 9.55 Å².